The molecular formula is C18H14FN7O2. The van der Waals surface area contributed by atoms with Crippen molar-refractivity contribution in [3.05, 3.63) is 66.5 Å². The zero-order chi connectivity index (χ0) is 19.5. The zero-order valence-electron chi connectivity index (χ0n) is 14.4. The number of fused-ring (bicyclic) bond motifs is 1. The van der Waals surface area contributed by atoms with Gasteiger partial charge in [-0.25, -0.2) is 13.9 Å². The number of rotatable bonds is 5. The quantitative estimate of drug-likeness (QED) is 0.547. The fourth-order valence-electron chi connectivity index (χ4n) is 2.56. The highest BCUT2D eigenvalue weighted by atomic mass is 19.1. The number of carbonyl (C=O) groups is 1. The fourth-order valence-corrected chi connectivity index (χ4v) is 2.56. The third-order valence-electron chi connectivity index (χ3n) is 3.83. The van der Waals surface area contributed by atoms with E-state index in [9.17, 15) is 9.18 Å². The van der Waals surface area contributed by atoms with Gasteiger partial charge in [-0.05, 0) is 18.2 Å². The van der Waals surface area contributed by atoms with Gasteiger partial charge < -0.3 is 15.8 Å². The SMILES string of the molecule is Nc1nn2ccc(CF)nc2c1C(=O)Nc1cnccc1Oc1cccnc1. The molecule has 4 heterocycles. The van der Waals surface area contributed by atoms with E-state index < -0.39 is 12.6 Å². The summed E-state index contributed by atoms with van der Waals surface area (Å²) in [7, 11) is 0. The van der Waals surface area contributed by atoms with Gasteiger partial charge in [0.2, 0.25) is 0 Å². The van der Waals surface area contributed by atoms with Crippen molar-refractivity contribution < 1.29 is 13.9 Å². The van der Waals surface area contributed by atoms with Crippen molar-refractivity contribution >= 4 is 23.1 Å². The molecular weight excluding hydrogens is 365 g/mol. The predicted octanol–water partition coefficient (Wildman–Crippen LogP) is 2.62. The highest BCUT2D eigenvalue weighted by Crippen LogP contribution is 2.29. The first-order valence-electron chi connectivity index (χ1n) is 8.18. The number of nitrogens with two attached hydrogens (primary N) is 1. The third-order valence-corrected chi connectivity index (χ3v) is 3.83. The molecule has 0 fully saturated rings. The molecule has 0 aliphatic rings. The van der Waals surface area contributed by atoms with E-state index in [1.54, 1.807) is 24.4 Å². The van der Waals surface area contributed by atoms with Crippen molar-refractivity contribution in [2.75, 3.05) is 11.1 Å². The molecule has 0 unspecified atom stereocenters. The van der Waals surface area contributed by atoms with Crippen molar-refractivity contribution in [2.24, 2.45) is 0 Å². The Balaban J connectivity index is 1.66. The summed E-state index contributed by atoms with van der Waals surface area (Å²) in [5.74, 6) is 0.262. The second-order valence-electron chi connectivity index (χ2n) is 5.70. The summed E-state index contributed by atoms with van der Waals surface area (Å²) >= 11 is 0. The van der Waals surface area contributed by atoms with Crippen molar-refractivity contribution in [3.8, 4) is 11.5 Å². The molecule has 0 spiro atoms. The minimum absolute atomic E-state index is 0.0281. The van der Waals surface area contributed by atoms with Crippen LogP contribution in [0.5, 0.6) is 11.5 Å². The molecule has 3 N–H and O–H groups in total. The number of hydrogen-bond donors (Lipinski definition) is 2. The molecule has 0 aliphatic carbocycles. The molecule has 0 aliphatic heterocycles. The molecule has 10 heteroatoms. The minimum atomic E-state index is -0.769. The first-order chi connectivity index (χ1) is 13.7. The molecule has 0 saturated carbocycles. The van der Waals surface area contributed by atoms with Gasteiger partial charge in [0.25, 0.3) is 5.91 Å². The Kier molecular flexibility index (Phi) is 4.50. The molecule has 0 aromatic carbocycles. The largest absolute Gasteiger partial charge is 0.453 e. The molecule has 4 rings (SSSR count). The summed E-state index contributed by atoms with van der Waals surface area (Å²) in [5.41, 5.74) is 6.56. The summed E-state index contributed by atoms with van der Waals surface area (Å²) in [6, 6.07) is 6.51. The smallest absolute Gasteiger partial charge is 0.263 e. The van der Waals surface area contributed by atoms with E-state index in [-0.39, 0.29) is 22.7 Å². The van der Waals surface area contributed by atoms with E-state index in [2.05, 4.69) is 25.4 Å². The van der Waals surface area contributed by atoms with Gasteiger partial charge >= 0.3 is 0 Å². The highest BCUT2D eigenvalue weighted by Gasteiger charge is 2.21. The number of alkyl halides is 1. The maximum absolute atomic E-state index is 12.9. The maximum Gasteiger partial charge on any atom is 0.263 e. The predicted molar refractivity (Wildman–Crippen MR) is 98.7 cm³/mol. The van der Waals surface area contributed by atoms with Crippen LogP contribution in [0.15, 0.2) is 55.2 Å². The van der Waals surface area contributed by atoms with Gasteiger partial charge in [0.05, 0.1) is 18.1 Å². The number of nitrogen functional groups attached to an aromatic ring is 1. The molecule has 0 atom stereocenters. The second-order valence-corrected chi connectivity index (χ2v) is 5.70. The number of halogens is 1. The first kappa shape index (κ1) is 17.3. The number of pyridine rings is 2. The van der Waals surface area contributed by atoms with Gasteiger partial charge in [0.15, 0.2) is 17.2 Å². The fraction of sp³-hybridized carbons (Fsp3) is 0.0556. The standard InChI is InChI=1S/C18H14FN7O2/c19-8-11-4-7-26-17(23-11)15(16(20)25-26)18(27)24-13-10-22-6-3-14(13)28-12-2-1-5-21-9-12/h1-7,9-10H,8H2,(H2,20,25)(H,24,27). The summed E-state index contributed by atoms with van der Waals surface area (Å²) in [4.78, 5) is 24.9. The van der Waals surface area contributed by atoms with Crippen LogP contribution in [0.3, 0.4) is 0 Å². The molecule has 0 radical (unpaired) electrons. The van der Waals surface area contributed by atoms with Crippen LogP contribution in [0, 0.1) is 0 Å². The first-order valence-corrected chi connectivity index (χ1v) is 8.18. The average Bonchev–Trinajstić information content (AvgIpc) is 3.05. The number of carbonyl (C=O) groups excluding carboxylic acids is 1. The van der Waals surface area contributed by atoms with Crippen molar-refractivity contribution in [1.82, 2.24) is 24.6 Å². The van der Waals surface area contributed by atoms with Crippen molar-refractivity contribution in [1.29, 1.82) is 0 Å². The minimum Gasteiger partial charge on any atom is -0.453 e. The number of hydrogen-bond acceptors (Lipinski definition) is 7. The molecule has 28 heavy (non-hydrogen) atoms. The van der Waals surface area contributed by atoms with Gasteiger partial charge in [0.1, 0.15) is 23.7 Å². The van der Waals surface area contributed by atoms with Crippen LogP contribution < -0.4 is 15.8 Å². The molecule has 9 nitrogen and oxygen atoms in total. The van der Waals surface area contributed by atoms with E-state index in [0.717, 1.165) is 0 Å². The normalized spacial score (nSPS) is 10.8. The number of anilines is 2. The maximum atomic E-state index is 12.9. The van der Waals surface area contributed by atoms with Crippen LogP contribution in [0.25, 0.3) is 5.65 Å². The van der Waals surface area contributed by atoms with Crippen LogP contribution in [-0.4, -0.2) is 30.5 Å². The number of aromatic nitrogens is 5. The van der Waals surface area contributed by atoms with Crippen LogP contribution in [0.4, 0.5) is 15.9 Å². The Morgan fingerprint density at radius 3 is 2.86 bits per heavy atom. The number of nitrogens with one attached hydrogen (secondary N) is 1. The number of nitrogens with zero attached hydrogens (tertiary/aromatic N) is 5. The zero-order valence-corrected chi connectivity index (χ0v) is 14.4. The highest BCUT2D eigenvalue weighted by molar-refractivity contribution is 6.12. The summed E-state index contributed by atoms with van der Waals surface area (Å²) < 4.78 is 20.0. The van der Waals surface area contributed by atoms with Gasteiger partial charge in [-0.1, -0.05) is 0 Å². The Morgan fingerprint density at radius 1 is 1.21 bits per heavy atom. The molecule has 140 valence electrons. The summed E-state index contributed by atoms with van der Waals surface area (Å²) in [6.45, 7) is -0.769. The second kappa shape index (κ2) is 7.27. The van der Waals surface area contributed by atoms with Gasteiger partial charge in [0, 0.05) is 24.7 Å². The Labute approximate surface area is 158 Å². The van der Waals surface area contributed by atoms with Gasteiger partial charge in [-0.2, -0.15) is 0 Å². The lowest BCUT2D eigenvalue weighted by atomic mass is 10.2. The molecule has 0 bridgehead atoms. The topological polar surface area (TPSA) is 120 Å². The van der Waals surface area contributed by atoms with E-state index >= 15 is 0 Å². The van der Waals surface area contributed by atoms with Gasteiger partial charge in [-0.3, -0.25) is 14.8 Å². The summed E-state index contributed by atoms with van der Waals surface area (Å²) in [5, 5.41) is 6.72. The van der Waals surface area contributed by atoms with Crippen molar-refractivity contribution in [3.63, 3.8) is 0 Å². The van der Waals surface area contributed by atoms with Crippen LogP contribution >= 0.6 is 0 Å². The Bertz CT molecular complexity index is 1150. The molecule has 4 aromatic rings. The summed E-state index contributed by atoms with van der Waals surface area (Å²) in [6.07, 6.45) is 7.61. The van der Waals surface area contributed by atoms with Crippen LogP contribution in [0.2, 0.25) is 0 Å². The van der Waals surface area contributed by atoms with E-state index in [0.29, 0.717) is 17.2 Å². The van der Waals surface area contributed by atoms with E-state index in [4.69, 9.17) is 10.5 Å². The number of ether oxygens (including phenoxy) is 1. The van der Waals surface area contributed by atoms with Crippen LogP contribution in [0.1, 0.15) is 16.1 Å². The van der Waals surface area contributed by atoms with E-state index in [1.807, 2.05) is 0 Å². The van der Waals surface area contributed by atoms with Crippen molar-refractivity contribution in [2.45, 2.75) is 6.67 Å². The third kappa shape index (κ3) is 3.30. The Hall–Kier alpha value is -4.08. The average molecular weight is 379 g/mol. The lowest BCUT2D eigenvalue weighted by molar-refractivity contribution is 0.102. The Morgan fingerprint density at radius 2 is 2.07 bits per heavy atom. The molecule has 0 saturated heterocycles. The number of amides is 1. The molecule has 4 aromatic heterocycles. The monoisotopic (exact) mass is 379 g/mol. The lowest BCUT2D eigenvalue weighted by Crippen LogP contribution is -2.14. The van der Waals surface area contributed by atoms with Crippen LogP contribution in [-0.2, 0) is 6.67 Å². The molecule has 1 amide bonds. The van der Waals surface area contributed by atoms with Gasteiger partial charge in [-0.15, -0.1) is 5.10 Å². The van der Waals surface area contributed by atoms with E-state index in [1.165, 1.54) is 35.4 Å². The lowest BCUT2D eigenvalue weighted by Gasteiger charge is -2.11.